The summed E-state index contributed by atoms with van der Waals surface area (Å²) in [6, 6.07) is 3.70. The summed E-state index contributed by atoms with van der Waals surface area (Å²) in [4.78, 5) is 29.7. The van der Waals surface area contributed by atoms with Gasteiger partial charge in [0.15, 0.2) is 0 Å². The van der Waals surface area contributed by atoms with Gasteiger partial charge in [-0.3, -0.25) is 4.79 Å². The number of carbonyl (C=O) groups is 2. The third kappa shape index (κ3) is 3.87. The second kappa shape index (κ2) is 6.83. The maximum atomic E-state index is 12.7. The lowest BCUT2D eigenvalue weighted by atomic mass is 10.0. The summed E-state index contributed by atoms with van der Waals surface area (Å²) < 4.78 is 0. The van der Waals surface area contributed by atoms with Crippen LogP contribution < -0.4 is 15.5 Å². The van der Waals surface area contributed by atoms with Crippen LogP contribution in [0.3, 0.4) is 0 Å². The van der Waals surface area contributed by atoms with Crippen molar-refractivity contribution in [1.29, 1.82) is 5.26 Å². The van der Waals surface area contributed by atoms with Gasteiger partial charge in [-0.1, -0.05) is 0 Å². The van der Waals surface area contributed by atoms with Crippen molar-refractivity contribution in [3.8, 4) is 6.07 Å². The predicted molar refractivity (Wildman–Crippen MR) is 95.0 cm³/mol. The molecule has 0 bridgehead atoms. The number of hydrogen-bond donors (Lipinski definition) is 3. The molecule has 1 saturated carbocycles. The highest BCUT2D eigenvalue weighted by molar-refractivity contribution is 6.00. The zero-order valence-electron chi connectivity index (χ0n) is 15.0. The third-order valence-corrected chi connectivity index (χ3v) is 5.15. The van der Waals surface area contributed by atoms with E-state index in [0.717, 1.165) is 12.8 Å². The Morgan fingerprint density at radius 3 is 2.85 bits per heavy atom. The predicted octanol–water partition coefficient (Wildman–Crippen LogP) is 1.72. The van der Waals surface area contributed by atoms with Gasteiger partial charge in [0, 0.05) is 25.3 Å². The largest absolute Gasteiger partial charge is 0.465 e. The molecule has 0 spiro atoms. The highest BCUT2D eigenvalue weighted by Crippen LogP contribution is 2.33. The number of carbonyl (C=O) groups excluding carboxylic acids is 1. The zero-order valence-corrected chi connectivity index (χ0v) is 15.0. The Morgan fingerprint density at radius 1 is 1.50 bits per heavy atom. The Bertz CT molecular complexity index is 771. The van der Waals surface area contributed by atoms with Crippen LogP contribution in [-0.2, 0) is 0 Å². The maximum Gasteiger partial charge on any atom is 0.405 e. The first-order chi connectivity index (χ1) is 12.3. The lowest BCUT2D eigenvalue weighted by Crippen LogP contribution is -2.47. The molecule has 8 heteroatoms. The lowest BCUT2D eigenvalue weighted by molar-refractivity contribution is 0.0936. The molecular formula is C18H23N5O3. The van der Waals surface area contributed by atoms with Crippen LogP contribution in [0.15, 0.2) is 12.3 Å². The summed E-state index contributed by atoms with van der Waals surface area (Å²) in [6.07, 6.45) is 3.24. The molecule has 0 radical (unpaired) electrons. The Labute approximate surface area is 152 Å². The number of nitriles is 1. The maximum absolute atomic E-state index is 12.7. The number of nitrogens with zero attached hydrogens (tertiary/aromatic N) is 3. The zero-order chi connectivity index (χ0) is 18.9. The summed E-state index contributed by atoms with van der Waals surface area (Å²) in [7, 11) is 0. The molecule has 1 aliphatic carbocycles. The number of pyridine rings is 1. The molecule has 2 aliphatic rings. The summed E-state index contributed by atoms with van der Waals surface area (Å²) in [5, 5.41) is 23.8. The Kier molecular flexibility index (Phi) is 4.72. The average molecular weight is 357 g/mol. The van der Waals surface area contributed by atoms with Crippen molar-refractivity contribution in [2.24, 2.45) is 5.92 Å². The Hall–Kier alpha value is -2.82. The summed E-state index contributed by atoms with van der Waals surface area (Å²) in [6.45, 7) is 4.84. The van der Waals surface area contributed by atoms with Gasteiger partial charge in [-0.25, -0.2) is 9.78 Å². The molecule has 0 unspecified atom stereocenters. The average Bonchev–Trinajstić information content (AvgIpc) is 3.37. The number of nitrogens with one attached hydrogen (secondary N) is 2. The third-order valence-electron chi connectivity index (χ3n) is 5.15. The molecule has 3 N–H and O–H groups in total. The van der Waals surface area contributed by atoms with E-state index in [0.29, 0.717) is 36.7 Å². The molecule has 2 amide bonds. The minimum atomic E-state index is -1.07. The van der Waals surface area contributed by atoms with Crippen molar-refractivity contribution in [3.63, 3.8) is 0 Å². The van der Waals surface area contributed by atoms with Crippen molar-refractivity contribution in [1.82, 2.24) is 15.6 Å². The Balaban J connectivity index is 1.84. The summed E-state index contributed by atoms with van der Waals surface area (Å²) in [5.41, 5.74) is 0.660. The number of aromatic nitrogens is 1. The van der Waals surface area contributed by atoms with Gasteiger partial charge in [-0.15, -0.1) is 0 Å². The van der Waals surface area contributed by atoms with E-state index in [9.17, 15) is 9.59 Å². The molecule has 2 atom stereocenters. The van der Waals surface area contributed by atoms with E-state index in [4.69, 9.17) is 10.4 Å². The fraction of sp³-hybridized carbons (Fsp3) is 0.556. The van der Waals surface area contributed by atoms with E-state index in [1.807, 2.05) is 24.8 Å². The minimum Gasteiger partial charge on any atom is -0.465 e. The standard InChI is InChI=1S/C18H23N5O3/c1-11(12-3-4-12)21-16(24)14-9-20-13(8-19)7-15(14)23-6-5-18(2,10-23)22-17(25)26/h7,9,11-12,22H,3-6,10H2,1-2H3,(H,21,24)(H,25,26)/t11-,18-/m0/s1. The molecule has 138 valence electrons. The molecule has 1 aromatic rings. The van der Waals surface area contributed by atoms with E-state index in [1.54, 1.807) is 6.07 Å². The van der Waals surface area contributed by atoms with Crippen molar-refractivity contribution >= 4 is 17.7 Å². The lowest BCUT2D eigenvalue weighted by Gasteiger charge is -2.26. The van der Waals surface area contributed by atoms with Crippen LogP contribution in [0.25, 0.3) is 0 Å². The van der Waals surface area contributed by atoms with Crippen LogP contribution >= 0.6 is 0 Å². The fourth-order valence-electron chi connectivity index (χ4n) is 3.47. The molecule has 0 aromatic carbocycles. The summed E-state index contributed by atoms with van der Waals surface area (Å²) >= 11 is 0. The second-order valence-electron chi connectivity index (χ2n) is 7.46. The van der Waals surface area contributed by atoms with E-state index < -0.39 is 11.6 Å². The molecule has 1 aliphatic heterocycles. The van der Waals surface area contributed by atoms with Gasteiger partial charge in [0.05, 0.1) is 16.8 Å². The van der Waals surface area contributed by atoms with Crippen LogP contribution in [0.5, 0.6) is 0 Å². The highest BCUT2D eigenvalue weighted by Gasteiger charge is 2.37. The summed E-state index contributed by atoms with van der Waals surface area (Å²) in [5.74, 6) is 0.319. The Morgan fingerprint density at radius 2 is 2.23 bits per heavy atom. The van der Waals surface area contributed by atoms with Gasteiger partial charge in [0.25, 0.3) is 5.91 Å². The van der Waals surface area contributed by atoms with Crippen LogP contribution in [0.1, 0.15) is 49.2 Å². The number of hydrogen-bond acceptors (Lipinski definition) is 5. The highest BCUT2D eigenvalue weighted by atomic mass is 16.4. The number of carboxylic acid groups (broad SMARTS) is 1. The molecule has 1 saturated heterocycles. The minimum absolute atomic E-state index is 0.100. The van der Waals surface area contributed by atoms with Gasteiger partial charge in [0.2, 0.25) is 0 Å². The van der Waals surface area contributed by atoms with Gasteiger partial charge < -0.3 is 20.6 Å². The van der Waals surface area contributed by atoms with E-state index >= 15 is 0 Å². The molecule has 1 aromatic heterocycles. The number of anilines is 1. The quantitative estimate of drug-likeness (QED) is 0.738. The topological polar surface area (TPSA) is 118 Å². The first kappa shape index (κ1) is 18.0. The van der Waals surface area contributed by atoms with Crippen LogP contribution in [0, 0.1) is 17.2 Å². The van der Waals surface area contributed by atoms with Crippen molar-refractivity contribution in [3.05, 3.63) is 23.5 Å². The van der Waals surface area contributed by atoms with Crippen molar-refractivity contribution in [2.75, 3.05) is 18.0 Å². The molecule has 8 nitrogen and oxygen atoms in total. The van der Waals surface area contributed by atoms with Crippen molar-refractivity contribution in [2.45, 2.75) is 44.7 Å². The molecular weight excluding hydrogens is 334 g/mol. The van der Waals surface area contributed by atoms with Crippen LogP contribution in [0.4, 0.5) is 10.5 Å². The van der Waals surface area contributed by atoms with Crippen LogP contribution in [-0.4, -0.2) is 46.8 Å². The van der Waals surface area contributed by atoms with Gasteiger partial charge in [-0.2, -0.15) is 5.26 Å². The molecule has 26 heavy (non-hydrogen) atoms. The molecule has 3 rings (SSSR count). The normalized spacial score (nSPS) is 23.2. The number of rotatable bonds is 5. The second-order valence-corrected chi connectivity index (χ2v) is 7.46. The smallest absolute Gasteiger partial charge is 0.405 e. The molecule has 2 heterocycles. The van der Waals surface area contributed by atoms with Gasteiger partial charge in [0.1, 0.15) is 11.8 Å². The first-order valence-electron chi connectivity index (χ1n) is 8.78. The number of amides is 2. The SMILES string of the molecule is C[C@H](NC(=O)c1cnc(C#N)cc1N1CC[C@](C)(NC(=O)O)C1)C1CC1. The fourth-order valence-corrected chi connectivity index (χ4v) is 3.47. The van der Waals surface area contributed by atoms with Gasteiger partial charge >= 0.3 is 6.09 Å². The van der Waals surface area contributed by atoms with Gasteiger partial charge in [-0.05, 0) is 45.1 Å². The van der Waals surface area contributed by atoms with Crippen molar-refractivity contribution < 1.29 is 14.7 Å². The van der Waals surface area contributed by atoms with Crippen LogP contribution in [0.2, 0.25) is 0 Å². The van der Waals surface area contributed by atoms with E-state index in [2.05, 4.69) is 15.6 Å². The van der Waals surface area contributed by atoms with E-state index in [-0.39, 0.29) is 17.6 Å². The molecule has 2 fully saturated rings. The monoisotopic (exact) mass is 357 g/mol. The first-order valence-corrected chi connectivity index (χ1v) is 8.78. The van der Waals surface area contributed by atoms with E-state index in [1.165, 1.54) is 6.20 Å².